The van der Waals surface area contributed by atoms with E-state index in [9.17, 15) is 4.79 Å². The van der Waals surface area contributed by atoms with E-state index >= 15 is 0 Å². The maximum atomic E-state index is 11.8. The lowest BCUT2D eigenvalue weighted by molar-refractivity contribution is 0.0956. The lowest BCUT2D eigenvalue weighted by atomic mass is 10.1. The van der Waals surface area contributed by atoms with Crippen molar-refractivity contribution in [2.75, 3.05) is 25.9 Å². The molecule has 1 aliphatic rings. The molecule has 0 radical (unpaired) electrons. The van der Waals surface area contributed by atoms with Gasteiger partial charge in [-0.15, -0.1) is 24.0 Å². The number of carbonyl (C=O) groups excluding carboxylic acids is 1. The minimum atomic E-state index is -0.0307. The summed E-state index contributed by atoms with van der Waals surface area (Å²) in [6.07, 6.45) is 2.55. The van der Waals surface area contributed by atoms with Crippen molar-refractivity contribution in [1.29, 1.82) is 0 Å². The molecule has 0 aromatic heterocycles. The highest BCUT2D eigenvalue weighted by molar-refractivity contribution is 14.0. The zero-order chi connectivity index (χ0) is 17.4. The highest BCUT2D eigenvalue weighted by Crippen LogP contribution is 2.36. The van der Waals surface area contributed by atoms with Crippen molar-refractivity contribution in [3.63, 3.8) is 0 Å². The number of hydrogen-bond acceptors (Lipinski definition) is 3. The highest BCUT2D eigenvalue weighted by Gasteiger charge is 2.29. The van der Waals surface area contributed by atoms with Crippen molar-refractivity contribution in [3.05, 3.63) is 35.4 Å². The fraction of sp³-hybridized carbons (Fsp3) is 0.556. The number of aliphatic imine (C=N–C) groups is 1. The van der Waals surface area contributed by atoms with Gasteiger partial charge >= 0.3 is 0 Å². The third kappa shape index (κ3) is 7.05. The molecule has 1 unspecified atom stereocenters. The zero-order valence-corrected chi connectivity index (χ0v) is 18.4. The summed E-state index contributed by atoms with van der Waals surface area (Å²) in [4.78, 5) is 16.0. The molecular formula is C18H29IN4OS. The Morgan fingerprint density at radius 1 is 1.24 bits per heavy atom. The fourth-order valence-electron chi connectivity index (χ4n) is 2.69. The van der Waals surface area contributed by atoms with Crippen LogP contribution in [0.1, 0.15) is 42.6 Å². The van der Waals surface area contributed by atoms with Crippen LogP contribution in [0.25, 0.3) is 0 Å². The minimum Gasteiger partial charge on any atom is -0.355 e. The molecule has 1 amide bonds. The first-order valence-corrected chi connectivity index (χ1v) is 9.50. The van der Waals surface area contributed by atoms with Gasteiger partial charge in [-0.3, -0.25) is 9.79 Å². The van der Waals surface area contributed by atoms with Gasteiger partial charge < -0.3 is 16.0 Å². The van der Waals surface area contributed by atoms with E-state index < -0.39 is 0 Å². The Kier molecular flexibility index (Phi) is 9.63. The molecule has 0 bridgehead atoms. The maximum Gasteiger partial charge on any atom is 0.251 e. The average molecular weight is 476 g/mol. The van der Waals surface area contributed by atoms with Gasteiger partial charge in [0.05, 0.1) is 0 Å². The summed E-state index contributed by atoms with van der Waals surface area (Å²) in [7, 11) is 1.79. The molecule has 1 atom stereocenters. The first-order chi connectivity index (χ1) is 11.6. The lowest BCUT2D eigenvalue weighted by Crippen LogP contribution is -2.43. The molecule has 1 saturated heterocycles. The maximum absolute atomic E-state index is 11.8. The standard InChI is InChI=1S/C18H28N4OS.HI/c1-4-20-16(23)15-8-6-14(7-9-15)12-21-17(19-3)22-13-18(2)10-5-11-24-18;/h6-9H,4-5,10-13H2,1-3H3,(H,20,23)(H2,19,21,22);1H. The van der Waals surface area contributed by atoms with Crippen molar-refractivity contribution in [2.45, 2.75) is 38.0 Å². The molecule has 1 fully saturated rings. The molecule has 3 N–H and O–H groups in total. The van der Waals surface area contributed by atoms with Gasteiger partial charge in [0.1, 0.15) is 0 Å². The van der Waals surface area contributed by atoms with Crippen LogP contribution in [0.15, 0.2) is 29.3 Å². The number of rotatable bonds is 6. The average Bonchev–Trinajstić information content (AvgIpc) is 3.02. The molecule has 0 spiro atoms. The Labute approximate surface area is 172 Å². The summed E-state index contributed by atoms with van der Waals surface area (Å²) in [5, 5.41) is 9.55. The molecule has 140 valence electrons. The van der Waals surface area contributed by atoms with Gasteiger partial charge in [0.15, 0.2) is 5.96 Å². The second-order valence-corrected chi connectivity index (χ2v) is 7.92. The van der Waals surface area contributed by atoms with E-state index in [1.807, 2.05) is 43.0 Å². The van der Waals surface area contributed by atoms with Gasteiger partial charge in [-0.2, -0.15) is 11.8 Å². The van der Waals surface area contributed by atoms with Gasteiger partial charge in [0.25, 0.3) is 5.91 Å². The number of hydrogen-bond donors (Lipinski definition) is 3. The van der Waals surface area contributed by atoms with E-state index in [4.69, 9.17) is 0 Å². The van der Waals surface area contributed by atoms with Crippen molar-refractivity contribution in [3.8, 4) is 0 Å². The Balaban J connectivity index is 0.00000312. The smallest absolute Gasteiger partial charge is 0.251 e. The number of guanidine groups is 1. The predicted molar refractivity (Wildman–Crippen MR) is 118 cm³/mol. The molecule has 2 rings (SSSR count). The largest absolute Gasteiger partial charge is 0.355 e. The van der Waals surface area contributed by atoms with E-state index in [0.29, 0.717) is 23.4 Å². The fourth-order valence-corrected chi connectivity index (χ4v) is 3.93. The van der Waals surface area contributed by atoms with Crippen LogP contribution in [0.2, 0.25) is 0 Å². The van der Waals surface area contributed by atoms with Gasteiger partial charge in [0.2, 0.25) is 0 Å². The Morgan fingerprint density at radius 2 is 1.96 bits per heavy atom. The van der Waals surface area contributed by atoms with Crippen LogP contribution in [-0.2, 0) is 6.54 Å². The molecule has 1 aromatic rings. The number of amides is 1. The molecule has 0 saturated carbocycles. The van der Waals surface area contributed by atoms with Crippen LogP contribution in [0, 0.1) is 0 Å². The van der Waals surface area contributed by atoms with Crippen LogP contribution in [0.3, 0.4) is 0 Å². The third-order valence-electron chi connectivity index (χ3n) is 4.17. The first kappa shape index (κ1) is 22.1. The minimum absolute atomic E-state index is 0. The molecule has 7 heteroatoms. The first-order valence-electron chi connectivity index (χ1n) is 8.52. The van der Waals surface area contributed by atoms with E-state index in [2.05, 4.69) is 27.9 Å². The van der Waals surface area contributed by atoms with Crippen LogP contribution < -0.4 is 16.0 Å². The molecule has 25 heavy (non-hydrogen) atoms. The Hall–Kier alpha value is -0.960. The number of nitrogens with one attached hydrogen (secondary N) is 3. The molecule has 5 nitrogen and oxygen atoms in total. The molecule has 1 aliphatic heterocycles. The van der Waals surface area contributed by atoms with Crippen LogP contribution >= 0.6 is 35.7 Å². The normalized spacial score (nSPS) is 19.9. The molecule has 0 aliphatic carbocycles. The summed E-state index contributed by atoms with van der Waals surface area (Å²) in [6.45, 7) is 6.47. The third-order valence-corrected chi connectivity index (χ3v) is 5.71. The topological polar surface area (TPSA) is 65.5 Å². The lowest BCUT2D eigenvalue weighted by Gasteiger charge is -2.24. The van der Waals surface area contributed by atoms with Gasteiger partial charge in [-0.25, -0.2) is 0 Å². The monoisotopic (exact) mass is 476 g/mol. The molecular weight excluding hydrogens is 447 g/mol. The van der Waals surface area contributed by atoms with E-state index in [1.165, 1.54) is 18.6 Å². The zero-order valence-electron chi connectivity index (χ0n) is 15.2. The Morgan fingerprint density at radius 3 is 2.52 bits per heavy atom. The van der Waals surface area contributed by atoms with Crippen LogP contribution in [0.4, 0.5) is 0 Å². The summed E-state index contributed by atoms with van der Waals surface area (Å²) in [5.74, 6) is 2.04. The van der Waals surface area contributed by atoms with Gasteiger partial charge in [0, 0.05) is 37.0 Å². The molecule has 1 aromatic carbocycles. The second kappa shape index (κ2) is 10.9. The molecule has 1 heterocycles. The summed E-state index contributed by atoms with van der Waals surface area (Å²) >= 11 is 2.04. The summed E-state index contributed by atoms with van der Waals surface area (Å²) in [6, 6.07) is 7.65. The summed E-state index contributed by atoms with van der Waals surface area (Å²) in [5.41, 5.74) is 1.81. The number of carbonyl (C=O) groups is 1. The quantitative estimate of drug-likeness (QED) is 0.336. The number of nitrogens with zero attached hydrogens (tertiary/aromatic N) is 1. The predicted octanol–water partition coefficient (Wildman–Crippen LogP) is 3.01. The van der Waals surface area contributed by atoms with Crippen molar-refractivity contribution < 1.29 is 4.79 Å². The van der Waals surface area contributed by atoms with Crippen LogP contribution in [-0.4, -0.2) is 42.5 Å². The number of halogens is 1. The van der Waals surface area contributed by atoms with Crippen LogP contribution in [0.5, 0.6) is 0 Å². The number of benzene rings is 1. The van der Waals surface area contributed by atoms with Gasteiger partial charge in [-0.05, 0) is 50.1 Å². The van der Waals surface area contributed by atoms with E-state index in [-0.39, 0.29) is 29.9 Å². The van der Waals surface area contributed by atoms with Crippen molar-refractivity contribution in [2.24, 2.45) is 4.99 Å². The van der Waals surface area contributed by atoms with Gasteiger partial charge in [-0.1, -0.05) is 12.1 Å². The van der Waals surface area contributed by atoms with Crippen molar-refractivity contribution >= 4 is 47.6 Å². The summed E-state index contributed by atoms with van der Waals surface area (Å²) < 4.78 is 0.311. The highest BCUT2D eigenvalue weighted by atomic mass is 127. The van der Waals surface area contributed by atoms with E-state index in [1.54, 1.807) is 7.05 Å². The number of thioether (sulfide) groups is 1. The Bertz CT molecular complexity index is 571. The van der Waals surface area contributed by atoms with Crippen molar-refractivity contribution in [1.82, 2.24) is 16.0 Å². The second-order valence-electron chi connectivity index (χ2n) is 6.24. The SMILES string of the molecule is CCNC(=O)c1ccc(CNC(=NC)NCC2(C)CCCS2)cc1.I. The van der Waals surface area contributed by atoms with E-state index in [0.717, 1.165) is 18.1 Å².